The minimum atomic E-state index is -3.25. The second-order valence-corrected chi connectivity index (χ2v) is 8.52. The number of amides is 1. The van der Waals surface area contributed by atoms with Crippen molar-refractivity contribution in [2.75, 3.05) is 23.1 Å². The maximum Gasteiger partial charge on any atom is 0.311 e. The number of hydrogen-bond acceptors (Lipinski definition) is 4. The van der Waals surface area contributed by atoms with Gasteiger partial charge >= 0.3 is 5.97 Å². The normalized spacial score (nSPS) is 20.6. The molecule has 1 aliphatic carbocycles. The monoisotopic (exact) mass is 352 g/mol. The molecule has 1 amide bonds. The summed E-state index contributed by atoms with van der Waals surface area (Å²) >= 11 is 0. The van der Waals surface area contributed by atoms with Crippen molar-refractivity contribution in [3.63, 3.8) is 0 Å². The highest BCUT2D eigenvalue weighted by molar-refractivity contribution is 7.93. The standard InChI is InChI=1S/C16H20N2O5S/c1-11-9-12(18-7-2-8-24(18,22)23)3-4-13(11)14(19)17-10-16(5-6-16)15(20)21/h3-4,9H,2,5-8,10H2,1H3,(H,17,19)(H,20,21). The van der Waals surface area contributed by atoms with E-state index in [-0.39, 0.29) is 18.2 Å². The van der Waals surface area contributed by atoms with Crippen LogP contribution in [0.5, 0.6) is 0 Å². The van der Waals surface area contributed by atoms with E-state index in [4.69, 9.17) is 5.11 Å². The van der Waals surface area contributed by atoms with Gasteiger partial charge in [-0.05, 0) is 49.9 Å². The first kappa shape index (κ1) is 16.8. The Morgan fingerprint density at radius 2 is 2.04 bits per heavy atom. The first-order valence-electron chi connectivity index (χ1n) is 7.88. The molecule has 2 aliphatic rings. The highest BCUT2D eigenvalue weighted by atomic mass is 32.2. The van der Waals surface area contributed by atoms with E-state index in [2.05, 4.69) is 5.32 Å². The van der Waals surface area contributed by atoms with Crippen molar-refractivity contribution >= 4 is 27.6 Å². The molecule has 0 bridgehead atoms. The third-order valence-corrected chi connectivity index (χ3v) is 6.61. The maximum absolute atomic E-state index is 12.3. The Balaban J connectivity index is 1.73. The van der Waals surface area contributed by atoms with Gasteiger partial charge < -0.3 is 10.4 Å². The van der Waals surface area contributed by atoms with E-state index in [9.17, 15) is 18.0 Å². The number of aryl methyl sites for hydroxylation is 1. The fourth-order valence-corrected chi connectivity index (χ4v) is 4.51. The molecule has 1 heterocycles. The molecule has 2 fully saturated rings. The number of carbonyl (C=O) groups is 2. The molecule has 0 aromatic heterocycles. The fourth-order valence-electron chi connectivity index (χ4n) is 2.95. The van der Waals surface area contributed by atoms with Crippen molar-refractivity contribution in [1.29, 1.82) is 0 Å². The van der Waals surface area contributed by atoms with Gasteiger partial charge in [-0.25, -0.2) is 8.42 Å². The highest BCUT2D eigenvalue weighted by Crippen LogP contribution is 2.45. The Hall–Kier alpha value is -2.09. The molecule has 0 radical (unpaired) electrons. The summed E-state index contributed by atoms with van der Waals surface area (Å²) in [5, 5.41) is 11.8. The minimum Gasteiger partial charge on any atom is -0.481 e. The number of hydrogen-bond donors (Lipinski definition) is 2. The average molecular weight is 352 g/mol. The molecule has 0 spiro atoms. The number of rotatable bonds is 5. The summed E-state index contributed by atoms with van der Waals surface area (Å²) < 4.78 is 25.3. The molecule has 130 valence electrons. The number of carbonyl (C=O) groups excluding carboxylic acids is 1. The fraction of sp³-hybridized carbons (Fsp3) is 0.500. The zero-order chi connectivity index (χ0) is 17.5. The van der Waals surface area contributed by atoms with Crippen LogP contribution in [-0.2, 0) is 14.8 Å². The Bertz CT molecular complexity index is 799. The van der Waals surface area contributed by atoms with E-state index in [1.54, 1.807) is 25.1 Å². The summed E-state index contributed by atoms with van der Waals surface area (Å²) in [6.07, 6.45) is 1.75. The second-order valence-electron chi connectivity index (χ2n) is 6.51. The van der Waals surface area contributed by atoms with Crippen molar-refractivity contribution in [2.45, 2.75) is 26.2 Å². The molecule has 1 saturated carbocycles. The van der Waals surface area contributed by atoms with E-state index in [0.717, 1.165) is 0 Å². The van der Waals surface area contributed by atoms with Gasteiger partial charge in [0.15, 0.2) is 0 Å². The van der Waals surface area contributed by atoms with Gasteiger partial charge in [0.1, 0.15) is 0 Å². The van der Waals surface area contributed by atoms with Crippen LogP contribution in [0.3, 0.4) is 0 Å². The number of nitrogens with one attached hydrogen (secondary N) is 1. The van der Waals surface area contributed by atoms with Crippen LogP contribution in [0.25, 0.3) is 0 Å². The average Bonchev–Trinajstić information content (AvgIpc) is 3.22. The SMILES string of the molecule is Cc1cc(N2CCCS2(=O)=O)ccc1C(=O)NCC1(C(=O)O)CC1. The van der Waals surface area contributed by atoms with Gasteiger partial charge in [0.05, 0.1) is 16.9 Å². The number of sulfonamides is 1. The lowest BCUT2D eigenvalue weighted by Crippen LogP contribution is -2.34. The molecular weight excluding hydrogens is 332 g/mol. The predicted octanol–water partition coefficient (Wildman–Crippen LogP) is 1.13. The van der Waals surface area contributed by atoms with Gasteiger partial charge in [0, 0.05) is 18.7 Å². The van der Waals surface area contributed by atoms with Crippen molar-refractivity contribution < 1.29 is 23.1 Å². The Morgan fingerprint density at radius 1 is 1.33 bits per heavy atom. The van der Waals surface area contributed by atoms with Crippen molar-refractivity contribution in [3.8, 4) is 0 Å². The number of benzene rings is 1. The molecule has 0 unspecified atom stereocenters. The van der Waals surface area contributed by atoms with Gasteiger partial charge in [-0.3, -0.25) is 13.9 Å². The van der Waals surface area contributed by atoms with Gasteiger partial charge in [0.2, 0.25) is 10.0 Å². The van der Waals surface area contributed by atoms with Crippen molar-refractivity contribution in [2.24, 2.45) is 5.41 Å². The van der Waals surface area contributed by atoms with Crippen LogP contribution in [0.4, 0.5) is 5.69 Å². The number of carboxylic acid groups (broad SMARTS) is 1. The van der Waals surface area contributed by atoms with E-state index < -0.39 is 21.4 Å². The van der Waals surface area contributed by atoms with Crippen LogP contribution < -0.4 is 9.62 Å². The molecule has 1 aromatic rings. The lowest BCUT2D eigenvalue weighted by molar-refractivity contribution is -0.143. The second kappa shape index (κ2) is 5.77. The predicted molar refractivity (Wildman–Crippen MR) is 88.6 cm³/mol. The molecule has 2 N–H and O–H groups in total. The van der Waals surface area contributed by atoms with E-state index in [1.165, 1.54) is 4.31 Å². The Kier molecular flexibility index (Phi) is 4.03. The molecule has 1 aromatic carbocycles. The zero-order valence-electron chi connectivity index (χ0n) is 13.4. The lowest BCUT2D eigenvalue weighted by Gasteiger charge is -2.18. The maximum atomic E-state index is 12.3. The number of aliphatic carboxylic acids is 1. The topological polar surface area (TPSA) is 104 Å². The molecule has 3 rings (SSSR count). The summed E-state index contributed by atoms with van der Waals surface area (Å²) in [7, 11) is -3.25. The van der Waals surface area contributed by atoms with Crippen molar-refractivity contribution in [1.82, 2.24) is 5.32 Å². The first-order chi connectivity index (χ1) is 11.3. The number of carboxylic acids is 1. The summed E-state index contributed by atoms with van der Waals surface area (Å²) in [6, 6.07) is 4.89. The third-order valence-electron chi connectivity index (χ3n) is 4.74. The molecular formula is C16H20N2O5S. The van der Waals surface area contributed by atoms with Gasteiger partial charge in [-0.2, -0.15) is 0 Å². The molecule has 0 atom stereocenters. The largest absolute Gasteiger partial charge is 0.481 e. The lowest BCUT2D eigenvalue weighted by atomic mass is 10.1. The van der Waals surface area contributed by atoms with Crippen molar-refractivity contribution in [3.05, 3.63) is 29.3 Å². The molecule has 1 saturated heterocycles. The smallest absolute Gasteiger partial charge is 0.311 e. The Morgan fingerprint density at radius 3 is 2.54 bits per heavy atom. The molecule has 1 aliphatic heterocycles. The zero-order valence-corrected chi connectivity index (χ0v) is 14.2. The van der Waals surface area contributed by atoms with Crippen LogP contribution in [-0.4, -0.2) is 44.2 Å². The minimum absolute atomic E-state index is 0.114. The highest BCUT2D eigenvalue weighted by Gasteiger charge is 2.50. The van der Waals surface area contributed by atoms with E-state index in [0.29, 0.717) is 42.6 Å². The number of anilines is 1. The van der Waals surface area contributed by atoms with Gasteiger partial charge in [0.25, 0.3) is 5.91 Å². The summed E-state index contributed by atoms with van der Waals surface area (Å²) in [4.78, 5) is 23.4. The quantitative estimate of drug-likeness (QED) is 0.827. The molecule has 24 heavy (non-hydrogen) atoms. The molecule has 8 heteroatoms. The Labute approximate surface area is 140 Å². The third kappa shape index (κ3) is 2.98. The van der Waals surface area contributed by atoms with Crippen LogP contribution >= 0.6 is 0 Å². The summed E-state index contributed by atoms with van der Waals surface area (Å²) in [5.74, 6) is -1.07. The van der Waals surface area contributed by atoms with Gasteiger partial charge in [-0.1, -0.05) is 0 Å². The van der Waals surface area contributed by atoms with Gasteiger partial charge in [-0.15, -0.1) is 0 Å². The van der Waals surface area contributed by atoms with E-state index in [1.807, 2.05) is 0 Å². The molecule has 7 nitrogen and oxygen atoms in total. The van der Waals surface area contributed by atoms with Crippen LogP contribution in [0.15, 0.2) is 18.2 Å². The first-order valence-corrected chi connectivity index (χ1v) is 9.49. The van der Waals surface area contributed by atoms with Crippen LogP contribution in [0, 0.1) is 12.3 Å². The number of nitrogens with zero attached hydrogens (tertiary/aromatic N) is 1. The summed E-state index contributed by atoms with van der Waals surface area (Å²) in [6.45, 7) is 2.31. The van der Waals surface area contributed by atoms with Crippen LogP contribution in [0.2, 0.25) is 0 Å². The summed E-state index contributed by atoms with van der Waals surface area (Å²) in [5.41, 5.74) is 0.835. The van der Waals surface area contributed by atoms with E-state index >= 15 is 0 Å². The van der Waals surface area contributed by atoms with Crippen LogP contribution in [0.1, 0.15) is 35.2 Å².